The molecule has 0 aliphatic rings. The van der Waals surface area contributed by atoms with Crippen LogP contribution in [0.25, 0.3) is 0 Å². The number of guanidine groups is 1. The van der Waals surface area contributed by atoms with Crippen molar-refractivity contribution in [2.45, 2.75) is 13.1 Å². The van der Waals surface area contributed by atoms with E-state index in [0.717, 1.165) is 0 Å². The molecule has 0 aliphatic heterocycles. The van der Waals surface area contributed by atoms with E-state index in [1.807, 2.05) is 0 Å². The molecule has 1 aromatic heterocycles. The summed E-state index contributed by atoms with van der Waals surface area (Å²) in [6.45, 7) is 12.5. The van der Waals surface area contributed by atoms with E-state index in [0.29, 0.717) is 17.3 Å². The van der Waals surface area contributed by atoms with E-state index in [-0.39, 0.29) is 11.1 Å². The summed E-state index contributed by atoms with van der Waals surface area (Å²) in [4.78, 5) is 12.3. The third kappa shape index (κ3) is 5.59. The van der Waals surface area contributed by atoms with Crippen molar-refractivity contribution in [1.29, 1.82) is 0 Å². The Labute approximate surface area is 140 Å². The van der Waals surface area contributed by atoms with Crippen LogP contribution in [0.5, 0.6) is 5.88 Å². The molecule has 8 nitrogen and oxygen atoms in total. The monoisotopic (exact) mass is 337 g/mol. The van der Waals surface area contributed by atoms with Crippen LogP contribution in [0, 0.1) is 0 Å². The van der Waals surface area contributed by atoms with E-state index in [9.17, 15) is 0 Å². The molecule has 1 aromatic rings. The van der Waals surface area contributed by atoms with E-state index in [4.69, 9.17) is 16.3 Å². The van der Waals surface area contributed by atoms with Gasteiger partial charge in [-0.3, -0.25) is 4.68 Å². The summed E-state index contributed by atoms with van der Waals surface area (Å²) in [6, 6.07) is 0. The predicted octanol–water partition coefficient (Wildman–Crippen LogP) is 2.13. The highest BCUT2D eigenvalue weighted by Crippen LogP contribution is 2.21. The summed E-state index contributed by atoms with van der Waals surface area (Å²) < 4.78 is 6.75. The van der Waals surface area contributed by atoms with Gasteiger partial charge in [-0.25, -0.2) is 15.0 Å². The van der Waals surface area contributed by atoms with Crippen LogP contribution in [0.4, 0.5) is 5.69 Å². The Bertz CT molecular complexity index is 648. The summed E-state index contributed by atoms with van der Waals surface area (Å²) in [6.07, 6.45) is 2.69. The van der Waals surface area contributed by atoms with Crippen LogP contribution in [-0.4, -0.2) is 40.9 Å². The van der Waals surface area contributed by atoms with Gasteiger partial charge in [-0.2, -0.15) is 0 Å². The lowest BCUT2D eigenvalue weighted by molar-refractivity contribution is 0.393. The Kier molecular flexibility index (Phi) is 7.01. The average Bonchev–Trinajstić information content (AvgIpc) is 2.86. The topological polar surface area (TPSA) is 88.2 Å². The van der Waals surface area contributed by atoms with Gasteiger partial charge in [-0.05, 0) is 19.8 Å². The molecule has 0 aliphatic carbocycles. The predicted molar refractivity (Wildman–Crippen MR) is 95.6 cm³/mol. The molecule has 0 saturated heterocycles. The maximum atomic E-state index is 6.01. The SMILES string of the molecule is C=CNC(=C)C(Cl)=NC(C)N=C(N=C)Nc1cn(C)nc1OC. The maximum absolute atomic E-state index is 6.01. The van der Waals surface area contributed by atoms with E-state index >= 15 is 0 Å². The summed E-state index contributed by atoms with van der Waals surface area (Å²) in [5.74, 6) is 0.681. The van der Waals surface area contributed by atoms with Gasteiger partial charge in [-0.15, -0.1) is 5.10 Å². The van der Waals surface area contributed by atoms with Gasteiger partial charge < -0.3 is 15.4 Å². The number of hydrogen-bond donors (Lipinski definition) is 2. The van der Waals surface area contributed by atoms with Crippen LogP contribution in [0.2, 0.25) is 0 Å². The fraction of sp³-hybridized carbons (Fsp3) is 0.286. The number of nitrogens with one attached hydrogen (secondary N) is 2. The third-order valence-corrected chi connectivity index (χ3v) is 2.84. The van der Waals surface area contributed by atoms with Gasteiger partial charge in [0.25, 0.3) is 5.88 Å². The highest BCUT2D eigenvalue weighted by Gasteiger charge is 2.10. The molecule has 1 atom stereocenters. The first-order valence-electron chi connectivity index (χ1n) is 6.60. The van der Waals surface area contributed by atoms with Crippen LogP contribution in [0.3, 0.4) is 0 Å². The molecule has 0 radical (unpaired) electrons. The van der Waals surface area contributed by atoms with Crippen LogP contribution in [0.15, 0.2) is 46.2 Å². The van der Waals surface area contributed by atoms with Crippen LogP contribution in [0.1, 0.15) is 6.92 Å². The minimum absolute atomic E-state index is 0.198. The Morgan fingerprint density at radius 2 is 2.22 bits per heavy atom. The number of nitrogens with zero attached hydrogens (tertiary/aromatic N) is 5. The Hall–Kier alpha value is -2.61. The molecule has 2 N–H and O–H groups in total. The second-order valence-electron chi connectivity index (χ2n) is 4.34. The molecule has 23 heavy (non-hydrogen) atoms. The Balaban J connectivity index is 2.89. The van der Waals surface area contributed by atoms with Crippen molar-refractivity contribution >= 4 is 35.1 Å². The third-order valence-electron chi connectivity index (χ3n) is 2.52. The number of allylic oxidation sites excluding steroid dienone is 1. The van der Waals surface area contributed by atoms with E-state index in [1.165, 1.54) is 13.3 Å². The zero-order valence-corrected chi connectivity index (χ0v) is 14.1. The lowest BCUT2D eigenvalue weighted by Gasteiger charge is -2.08. The fourth-order valence-corrected chi connectivity index (χ4v) is 1.76. The highest BCUT2D eigenvalue weighted by molar-refractivity contribution is 6.69. The molecule has 0 aromatic carbocycles. The number of rotatable bonds is 7. The first-order valence-corrected chi connectivity index (χ1v) is 6.98. The average molecular weight is 338 g/mol. The van der Waals surface area contributed by atoms with Crippen LogP contribution in [-0.2, 0) is 7.05 Å². The molecule has 124 valence electrons. The largest absolute Gasteiger partial charge is 0.478 e. The summed E-state index contributed by atoms with van der Waals surface area (Å²) in [5, 5.41) is 10.1. The highest BCUT2D eigenvalue weighted by atomic mass is 35.5. The quantitative estimate of drug-likeness (QED) is 0.589. The van der Waals surface area contributed by atoms with Crippen molar-refractivity contribution in [3.05, 3.63) is 31.3 Å². The number of hydrogen-bond acceptors (Lipinski definition) is 5. The van der Waals surface area contributed by atoms with Crippen LogP contribution >= 0.6 is 11.6 Å². The second-order valence-corrected chi connectivity index (χ2v) is 4.70. The van der Waals surface area contributed by atoms with Gasteiger partial charge in [0.2, 0.25) is 5.96 Å². The molecule has 0 spiro atoms. The number of aliphatic imine (C=N–C) groups is 3. The molecule has 9 heteroatoms. The molecule has 1 heterocycles. The molecule has 0 fully saturated rings. The molecule has 1 rings (SSSR count). The summed E-state index contributed by atoms with van der Waals surface area (Å²) >= 11 is 6.01. The smallest absolute Gasteiger partial charge is 0.256 e. The first kappa shape index (κ1) is 18.4. The number of anilines is 1. The van der Waals surface area contributed by atoms with Crippen LogP contribution < -0.4 is 15.4 Å². The molecule has 0 amide bonds. The lowest BCUT2D eigenvalue weighted by atomic mass is 10.5. The number of ether oxygens (including phenoxy) is 1. The van der Waals surface area contributed by atoms with Gasteiger partial charge in [0.15, 0.2) is 0 Å². The summed E-state index contributed by atoms with van der Waals surface area (Å²) in [7, 11) is 3.30. The molecule has 1 unspecified atom stereocenters. The molecular weight excluding hydrogens is 318 g/mol. The zero-order chi connectivity index (χ0) is 17.4. The van der Waals surface area contributed by atoms with Gasteiger partial charge >= 0.3 is 0 Å². The van der Waals surface area contributed by atoms with E-state index < -0.39 is 6.17 Å². The standard InChI is InChI=1S/C14H20ClN7O/c1-7-17-9(2)12(15)18-10(3)19-14(16-4)20-11-8-22(5)21-13(11)23-6/h7-8,10,17H,1-2,4H2,3,5-6H3,(H,19,20). The number of halogens is 1. The van der Waals surface area contributed by atoms with E-state index in [2.05, 4.69) is 50.6 Å². The molecule has 0 saturated carbocycles. The number of aryl methyl sites for hydroxylation is 1. The normalized spacial score (nSPS) is 13.2. The van der Waals surface area contributed by atoms with Crippen molar-refractivity contribution < 1.29 is 4.74 Å². The van der Waals surface area contributed by atoms with Crippen molar-refractivity contribution in [1.82, 2.24) is 15.1 Å². The number of aromatic nitrogens is 2. The lowest BCUT2D eigenvalue weighted by Crippen LogP contribution is -2.14. The van der Waals surface area contributed by atoms with Gasteiger partial charge in [-0.1, -0.05) is 24.8 Å². The minimum Gasteiger partial charge on any atom is -0.478 e. The maximum Gasteiger partial charge on any atom is 0.256 e. The van der Waals surface area contributed by atoms with Gasteiger partial charge in [0, 0.05) is 7.05 Å². The Morgan fingerprint density at radius 1 is 1.52 bits per heavy atom. The molecular formula is C14H20ClN7O. The Morgan fingerprint density at radius 3 is 2.78 bits per heavy atom. The van der Waals surface area contributed by atoms with E-state index in [1.54, 1.807) is 24.9 Å². The second kappa shape index (κ2) is 8.74. The summed E-state index contributed by atoms with van der Waals surface area (Å²) in [5.41, 5.74) is 1.04. The fourth-order valence-electron chi connectivity index (χ4n) is 1.57. The van der Waals surface area contributed by atoms with Crippen molar-refractivity contribution in [3.63, 3.8) is 0 Å². The van der Waals surface area contributed by atoms with Crippen molar-refractivity contribution in [2.24, 2.45) is 22.0 Å². The van der Waals surface area contributed by atoms with Gasteiger partial charge in [0.1, 0.15) is 17.0 Å². The number of methoxy groups -OCH3 is 1. The van der Waals surface area contributed by atoms with Gasteiger partial charge in [0.05, 0.1) is 19.0 Å². The zero-order valence-electron chi connectivity index (χ0n) is 13.4. The van der Waals surface area contributed by atoms with Crippen molar-refractivity contribution in [3.8, 4) is 5.88 Å². The molecule has 0 bridgehead atoms. The minimum atomic E-state index is -0.499. The van der Waals surface area contributed by atoms with Crippen molar-refractivity contribution in [2.75, 3.05) is 12.4 Å². The first-order chi connectivity index (χ1) is 10.9.